The zero-order chi connectivity index (χ0) is 11.4. The van der Waals surface area contributed by atoms with Crippen LogP contribution in [0, 0.1) is 0 Å². The number of hydrogen-bond donors (Lipinski definition) is 0. The minimum absolute atomic E-state index is 0.501. The standard InChI is InChI=1S/C9H11BrIN2OP/c1-6(10)4-8-7(2)12-9(5-14-3)13(8)15-11/h4,15H,1-2,5H2,3H3/b8-4+. The molecule has 0 fully saturated rings. The molecule has 0 aliphatic carbocycles. The first-order valence-corrected chi connectivity index (χ1v) is 8.94. The number of allylic oxidation sites excluding steroid dienone is 1. The predicted molar refractivity (Wildman–Crippen MR) is 78.0 cm³/mol. The maximum atomic E-state index is 5.09. The van der Waals surface area contributed by atoms with Crippen LogP contribution in [0.5, 0.6) is 0 Å². The van der Waals surface area contributed by atoms with E-state index in [1.54, 1.807) is 7.11 Å². The second-order valence-electron chi connectivity index (χ2n) is 2.80. The van der Waals surface area contributed by atoms with E-state index in [1.807, 2.05) is 6.08 Å². The van der Waals surface area contributed by atoms with Crippen molar-refractivity contribution in [3.63, 3.8) is 0 Å². The summed E-state index contributed by atoms with van der Waals surface area (Å²) in [5, 5.41) is 1.74. The summed E-state index contributed by atoms with van der Waals surface area (Å²) in [5.74, 6) is 0.898. The Morgan fingerprint density at radius 1 is 1.80 bits per heavy atom. The summed E-state index contributed by atoms with van der Waals surface area (Å²) in [5.41, 5.74) is 0. The molecule has 0 aliphatic rings. The molecule has 0 amide bonds. The molecule has 0 aromatic carbocycles. The fraction of sp³-hybridized carbons (Fsp3) is 0.222. The Kier molecular flexibility index (Phi) is 5.46. The second-order valence-corrected chi connectivity index (χ2v) is 5.89. The first-order chi connectivity index (χ1) is 7.10. The maximum Gasteiger partial charge on any atom is 0.139 e. The van der Waals surface area contributed by atoms with Gasteiger partial charge in [-0.1, -0.05) is 29.1 Å². The number of nitrogens with zero attached hydrogens (tertiary/aromatic N) is 2. The van der Waals surface area contributed by atoms with Crippen LogP contribution in [-0.2, 0) is 11.3 Å². The lowest BCUT2D eigenvalue weighted by Gasteiger charge is -2.02. The molecule has 0 aliphatic heterocycles. The SMILES string of the molecule is C=C(Br)/C=c1\c(=C)nc(COC)n1PI. The van der Waals surface area contributed by atoms with Crippen LogP contribution in [0.2, 0.25) is 0 Å². The largest absolute Gasteiger partial charge is 0.377 e. The van der Waals surface area contributed by atoms with Crippen LogP contribution >= 0.6 is 44.3 Å². The minimum Gasteiger partial charge on any atom is -0.377 e. The average molecular weight is 401 g/mol. The molecule has 1 aromatic rings. The van der Waals surface area contributed by atoms with Crippen LogP contribution in [0.25, 0.3) is 12.7 Å². The summed E-state index contributed by atoms with van der Waals surface area (Å²) in [7, 11) is 1.66. The van der Waals surface area contributed by atoms with E-state index in [9.17, 15) is 0 Å². The summed E-state index contributed by atoms with van der Waals surface area (Å²) in [6.07, 6.45) is 2.49. The van der Waals surface area contributed by atoms with Gasteiger partial charge in [-0.15, -0.1) is 0 Å². The third-order valence-electron chi connectivity index (χ3n) is 1.71. The van der Waals surface area contributed by atoms with E-state index >= 15 is 0 Å². The summed E-state index contributed by atoms with van der Waals surface area (Å²) in [6, 6.07) is 0. The Balaban J connectivity index is 3.38. The summed E-state index contributed by atoms with van der Waals surface area (Å²) in [6.45, 7) is 8.19. The molecular formula is C9H11BrIN2OP. The zero-order valence-electron chi connectivity index (χ0n) is 8.26. The number of methoxy groups -OCH3 is 1. The number of rotatable bonds is 4. The maximum absolute atomic E-state index is 5.09. The average Bonchev–Trinajstić information content (AvgIpc) is 2.43. The van der Waals surface area contributed by atoms with Crippen LogP contribution in [-0.4, -0.2) is 16.4 Å². The first-order valence-electron chi connectivity index (χ1n) is 4.08. The molecule has 0 bridgehead atoms. The van der Waals surface area contributed by atoms with Crippen molar-refractivity contribution in [2.24, 2.45) is 0 Å². The fourth-order valence-corrected chi connectivity index (χ4v) is 3.48. The van der Waals surface area contributed by atoms with E-state index in [-0.39, 0.29) is 0 Å². The molecule has 1 heterocycles. The lowest BCUT2D eigenvalue weighted by Crippen LogP contribution is -2.25. The van der Waals surface area contributed by atoms with Gasteiger partial charge >= 0.3 is 0 Å². The van der Waals surface area contributed by atoms with E-state index in [4.69, 9.17) is 4.74 Å². The van der Waals surface area contributed by atoms with Crippen LogP contribution in [0.15, 0.2) is 11.1 Å². The van der Waals surface area contributed by atoms with Gasteiger partial charge in [-0.05, 0) is 28.1 Å². The predicted octanol–water partition coefficient (Wildman–Crippen LogP) is 1.92. The first kappa shape index (κ1) is 13.4. The van der Waals surface area contributed by atoms with Gasteiger partial charge in [-0.2, -0.15) is 0 Å². The number of aromatic nitrogens is 2. The van der Waals surface area contributed by atoms with Gasteiger partial charge in [0.05, 0.1) is 10.7 Å². The molecule has 3 nitrogen and oxygen atoms in total. The van der Waals surface area contributed by atoms with Crippen molar-refractivity contribution in [1.82, 2.24) is 9.32 Å². The fourth-order valence-electron chi connectivity index (χ4n) is 1.15. The summed E-state index contributed by atoms with van der Waals surface area (Å²) in [4.78, 5) is 4.36. The van der Waals surface area contributed by atoms with Gasteiger partial charge in [0, 0.05) is 18.0 Å². The van der Waals surface area contributed by atoms with E-state index < -0.39 is 0 Å². The molecule has 82 valence electrons. The van der Waals surface area contributed by atoms with Gasteiger partial charge in [0.2, 0.25) is 0 Å². The smallest absolute Gasteiger partial charge is 0.139 e. The normalized spacial score (nSPS) is 12.9. The van der Waals surface area contributed by atoms with E-state index in [2.05, 4.69) is 60.5 Å². The molecule has 1 atom stereocenters. The van der Waals surface area contributed by atoms with E-state index in [0.717, 1.165) is 21.0 Å². The highest BCUT2D eigenvalue weighted by molar-refractivity contribution is 14.2. The lowest BCUT2D eigenvalue weighted by molar-refractivity contribution is 0.177. The van der Waals surface area contributed by atoms with Gasteiger partial charge in [0.25, 0.3) is 0 Å². The number of halogens is 2. The number of ether oxygens (including phenoxy) is 1. The topological polar surface area (TPSA) is 27.1 Å². The molecule has 0 N–H and O–H groups in total. The van der Waals surface area contributed by atoms with Crippen molar-refractivity contribution in [3.8, 4) is 0 Å². The zero-order valence-corrected chi connectivity index (χ0v) is 13.0. The molecule has 6 heteroatoms. The van der Waals surface area contributed by atoms with Crippen molar-refractivity contribution in [3.05, 3.63) is 27.6 Å². The number of imidazole rings is 1. The van der Waals surface area contributed by atoms with Crippen LogP contribution < -0.4 is 10.7 Å². The Bertz CT molecular complexity index is 471. The van der Waals surface area contributed by atoms with E-state index in [1.165, 1.54) is 0 Å². The van der Waals surface area contributed by atoms with Gasteiger partial charge in [0.15, 0.2) is 0 Å². The van der Waals surface area contributed by atoms with Crippen molar-refractivity contribution >= 4 is 57.0 Å². The summed E-state index contributed by atoms with van der Waals surface area (Å²) < 4.78 is 7.98. The molecule has 1 rings (SSSR count). The van der Waals surface area contributed by atoms with Crippen LogP contribution in [0.3, 0.4) is 0 Å². The van der Waals surface area contributed by atoms with Gasteiger partial charge in [0.1, 0.15) is 12.4 Å². The molecule has 0 saturated heterocycles. The molecule has 15 heavy (non-hydrogen) atoms. The molecular weight excluding hydrogens is 390 g/mol. The Hall–Kier alpha value is 0.290. The van der Waals surface area contributed by atoms with Gasteiger partial charge < -0.3 is 4.74 Å². The third kappa shape index (κ3) is 3.37. The highest BCUT2D eigenvalue weighted by Gasteiger charge is 2.05. The highest BCUT2D eigenvalue weighted by Crippen LogP contribution is 2.22. The molecule has 0 spiro atoms. The van der Waals surface area contributed by atoms with E-state index in [0.29, 0.717) is 13.0 Å². The Morgan fingerprint density at radius 2 is 2.47 bits per heavy atom. The molecule has 0 saturated carbocycles. The molecule has 1 aromatic heterocycles. The number of hydrogen-bond acceptors (Lipinski definition) is 2. The van der Waals surface area contributed by atoms with Crippen LogP contribution in [0.1, 0.15) is 5.82 Å². The van der Waals surface area contributed by atoms with Crippen molar-refractivity contribution in [2.75, 3.05) is 7.11 Å². The molecule has 1 unspecified atom stereocenters. The van der Waals surface area contributed by atoms with Gasteiger partial charge in [-0.25, -0.2) is 4.98 Å². The van der Waals surface area contributed by atoms with Crippen molar-refractivity contribution in [1.29, 1.82) is 0 Å². The summed E-state index contributed by atoms with van der Waals surface area (Å²) >= 11 is 5.61. The lowest BCUT2D eigenvalue weighted by atomic mass is 10.5. The van der Waals surface area contributed by atoms with Crippen LogP contribution in [0.4, 0.5) is 0 Å². The Morgan fingerprint density at radius 3 is 2.93 bits per heavy atom. The quantitative estimate of drug-likeness (QED) is 0.570. The van der Waals surface area contributed by atoms with Gasteiger partial charge in [-0.3, -0.25) is 4.34 Å². The minimum atomic E-state index is 0.501. The monoisotopic (exact) mass is 400 g/mol. The van der Waals surface area contributed by atoms with Crippen molar-refractivity contribution < 1.29 is 4.74 Å². The molecule has 0 radical (unpaired) electrons. The van der Waals surface area contributed by atoms with Crippen molar-refractivity contribution in [2.45, 2.75) is 6.61 Å². The second kappa shape index (κ2) is 6.13. The Labute approximate surface area is 112 Å². The third-order valence-corrected chi connectivity index (χ3v) is 4.05. The highest BCUT2D eigenvalue weighted by atomic mass is 127.